The van der Waals surface area contributed by atoms with E-state index in [1.165, 1.54) is 18.3 Å². The highest BCUT2D eigenvalue weighted by Crippen LogP contribution is 2.25. The summed E-state index contributed by atoms with van der Waals surface area (Å²) in [6, 6.07) is 0. The third-order valence-corrected chi connectivity index (χ3v) is 3.04. The predicted molar refractivity (Wildman–Crippen MR) is 67.8 cm³/mol. The summed E-state index contributed by atoms with van der Waals surface area (Å²) in [7, 11) is 0. The highest BCUT2D eigenvalue weighted by molar-refractivity contribution is 7.16. The van der Waals surface area contributed by atoms with Crippen LogP contribution in [-0.2, 0) is 16.0 Å². The van der Waals surface area contributed by atoms with Gasteiger partial charge in [-0.2, -0.15) is 0 Å². The van der Waals surface area contributed by atoms with Gasteiger partial charge in [0.05, 0.1) is 6.61 Å². The smallest absolute Gasteiger partial charge is 0.358 e. The Bertz CT molecular complexity index is 431. The van der Waals surface area contributed by atoms with Crippen molar-refractivity contribution in [1.29, 1.82) is 0 Å². The van der Waals surface area contributed by atoms with Gasteiger partial charge in [-0.3, -0.25) is 4.79 Å². The fraction of sp³-hybridized carbons (Fsp3) is 0.545. The number of nitrogens with zero attached hydrogens (tertiary/aromatic N) is 1. The topological polar surface area (TPSA) is 88.5 Å². The van der Waals surface area contributed by atoms with Crippen molar-refractivity contribution in [3.63, 3.8) is 0 Å². The second-order valence-corrected chi connectivity index (χ2v) is 4.60. The number of anilines is 1. The molecule has 0 spiro atoms. The van der Waals surface area contributed by atoms with Crippen molar-refractivity contribution in [2.75, 3.05) is 18.5 Å². The number of carbonyl (C=O) groups is 2. The molecule has 1 aromatic rings. The van der Waals surface area contributed by atoms with Gasteiger partial charge in [0, 0.05) is 18.4 Å². The van der Waals surface area contributed by atoms with Gasteiger partial charge in [0.25, 0.3) is 0 Å². The third-order valence-electron chi connectivity index (χ3n) is 2.01. The molecular formula is C11H16N2O4S. The molecule has 0 aliphatic carbocycles. The second kappa shape index (κ2) is 7.07. The van der Waals surface area contributed by atoms with Gasteiger partial charge in [-0.15, -0.1) is 11.3 Å². The van der Waals surface area contributed by atoms with E-state index < -0.39 is 5.97 Å². The second-order valence-electron chi connectivity index (χ2n) is 3.52. The summed E-state index contributed by atoms with van der Waals surface area (Å²) in [4.78, 5) is 27.4. The van der Waals surface area contributed by atoms with E-state index in [4.69, 9.17) is 9.84 Å². The average Bonchev–Trinajstić information content (AvgIpc) is 2.69. The first-order chi connectivity index (χ1) is 8.58. The van der Waals surface area contributed by atoms with Crippen LogP contribution in [0.4, 0.5) is 5.13 Å². The molecule has 0 unspecified atom stereocenters. The molecule has 1 heterocycles. The van der Waals surface area contributed by atoms with Crippen LogP contribution < -0.4 is 5.32 Å². The lowest BCUT2D eigenvalue weighted by Gasteiger charge is -2.00. The van der Waals surface area contributed by atoms with Crippen LogP contribution in [0.2, 0.25) is 0 Å². The van der Waals surface area contributed by atoms with Crippen molar-refractivity contribution >= 4 is 28.3 Å². The maximum Gasteiger partial charge on any atom is 0.358 e. The third kappa shape index (κ3) is 4.08. The van der Waals surface area contributed by atoms with Crippen LogP contribution in [-0.4, -0.2) is 35.2 Å². The monoisotopic (exact) mass is 272 g/mol. The first-order valence-electron chi connectivity index (χ1n) is 5.63. The number of aliphatic hydroxyl groups is 1. The van der Waals surface area contributed by atoms with Crippen LogP contribution in [0.25, 0.3) is 0 Å². The number of esters is 1. The van der Waals surface area contributed by atoms with Gasteiger partial charge in [-0.05, 0) is 19.8 Å². The fourth-order valence-electron chi connectivity index (χ4n) is 1.32. The normalized spacial score (nSPS) is 10.2. The summed E-state index contributed by atoms with van der Waals surface area (Å²) in [5.41, 5.74) is 0.221. The first-order valence-corrected chi connectivity index (χ1v) is 6.45. The molecule has 0 saturated heterocycles. The summed E-state index contributed by atoms with van der Waals surface area (Å²) in [6.07, 6.45) is 1.07. The number of amides is 1. The molecule has 100 valence electrons. The standard InChI is InChI=1S/C11H16N2O4S/c1-3-17-10(16)9-8(5-4-6-14)18-11(13-9)12-7(2)15/h14H,3-6H2,1-2H3,(H,12,13,15). The van der Waals surface area contributed by atoms with Crippen molar-refractivity contribution in [3.05, 3.63) is 10.6 Å². The van der Waals surface area contributed by atoms with Gasteiger partial charge >= 0.3 is 5.97 Å². The summed E-state index contributed by atoms with van der Waals surface area (Å²) in [5, 5.41) is 11.7. The molecular weight excluding hydrogens is 256 g/mol. The van der Waals surface area contributed by atoms with Crippen molar-refractivity contribution in [2.24, 2.45) is 0 Å². The van der Waals surface area contributed by atoms with Crippen LogP contribution in [0.15, 0.2) is 0 Å². The molecule has 2 N–H and O–H groups in total. The van der Waals surface area contributed by atoms with Gasteiger partial charge in [-0.1, -0.05) is 0 Å². The molecule has 0 aliphatic heterocycles. The van der Waals surface area contributed by atoms with Crippen molar-refractivity contribution in [2.45, 2.75) is 26.7 Å². The highest BCUT2D eigenvalue weighted by atomic mass is 32.1. The Morgan fingerprint density at radius 2 is 2.22 bits per heavy atom. The van der Waals surface area contributed by atoms with Crippen molar-refractivity contribution < 1.29 is 19.4 Å². The quantitative estimate of drug-likeness (QED) is 0.760. The fourth-order valence-corrected chi connectivity index (χ4v) is 2.36. The van der Waals surface area contributed by atoms with E-state index >= 15 is 0 Å². The summed E-state index contributed by atoms with van der Waals surface area (Å²) in [5.74, 6) is -0.744. The van der Waals surface area contributed by atoms with E-state index in [0.29, 0.717) is 22.9 Å². The maximum absolute atomic E-state index is 11.7. The highest BCUT2D eigenvalue weighted by Gasteiger charge is 2.19. The molecule has 0 aliphatic rings. The number of aromatic nitrogens is 1. The number of hydrogen-bond donors (Lipinski definition) is 2. The lowest BCUT2D eigenvalue weighted by Crippen LogP contribution is -2.09. The molecule has 6 nitrogen and oxygen atoms in total. The number of aryl methyl sites for hydroxylation is 1. The number of rotatable bonds is 6. The Balaban J connectivity index is 2.92. The minimum Gasteiger partial charge on any atom is -0.461 e. The molecule has 7 heteroatoms. The minimum atomic E-state index is -0.502. The Kier molecular flexibility index (Phi) is 5.73. The van der Waals surface area contributed by atoms with Crippen LogP contribution in [0.5, 0.6) is 0 Å². The molecule has 1 aromatic heterocycles. The van der Waals surface area contributed by atoms with E-state index in [2.05, 4.69) is 10.3 Å². The SMILES string of the molecule is CCOC(=O)c1nc(NC(C)=O)sc1CCCO. The van der Waals surface area contributed by atoms with Crippen LogP contribution in [0.1, 0.15) is 35.6 Å². The van der Waals surface area contributed by atoms with E-state index in [-0.39, 0.29) is 24.8 Å². The number of hydrogen-bond acceptors (Lipinski definition) is 6. The largest absolute Gasteiger partial charge is 0.461 e. The van der Waals surface area contributed by atoms with Crippen LogP contribution >= 0.6 is 11.3 Å². The van der Waals surface area contributed by atoms with E-state index in [1.807, 2.05) is 0 Å². The number of ether oxygens (including phenoxy) is 1. The molecule has 0 saturated carbocycles. The van der Waals surface area contributed by atoms with Crippen molar-refractivity contribution in [3.8, 4) is 0 Å². The number of carbonyl (C=O) groups excluding carboxylic acids is 2. The summed E-state index contributed by atoms with van der Waals surface area (Å²) < 4.78 is 4.90. The lowest BCUT2D eigenvalue weighted by molar-refractivity contribution is -0.114. The Hall–Kier alpha value is -1.47. The Morgan fingerprint density at radius 1 is 1.50 bits per heavy atom. The summed E-state index contributed by atoms with van der Waals surface area (Å²) in [6.45, 7) is 3.39. The molecule has 1 amide bonds. The van der Waals surface area contributed by atoms with Gasteiger partial charge in [0.15, 0.2) is 10.8 Å². The molecule has 1 rings (SSSR count). The van der Waals surface area contributed by atoms with E-state index in [9.17, 15) is 9.59 Å². The predicted octanol–water partition coefficient (Wildman–Crippen LogP) is 1.20. The molecule has 0 atom stereocenters. The zero-order valence-corrected chi connectivity index (χ0v) is 11.2. The summed E-state index contributed by atoms with van der Waals surface area (Å²) >= 11 is 1.23. The van der Waals surface area contributed by atoms with E-state index in [1.54, 1.807) is 6.92 Å². The number of aliphatic hydroxyl groups excluding tert-OH is 1. The van der Waals surface area contributed by atoms with Gasteiger partial charge in [0.2, 0.25) is 5.91 Å². The van der Waals surface area contributed by atoms with E-state index in [0.717, 1.165) is 0 Å². The number of nitrogens with one attached hydrogen (secondary N) is 1. The minimum absolute atomic E-state index is 0.0373. The Morgan fingerprint density at radius 3 is 2.78 bits per heavy atom. The zero-order chi connectivity index (χ0) is 13.5. The number of thiazole rings is 1. The molecule has 0 fully saturated rings. The average molecular weight is 272 g/mol. The zero-order valence-electron chi connectivity index (χ0n) is 10.4. The Labute approximate surface area is 109 Å². The van der Waals surface area contributed by atoms with Crippen molar-refractivity contribution in [1.82, 2.24) is 4.98 Å². The maximum atomic E-state index is 11.7. The first kappa shape index (κ1) is 14.6. The van der Waals surface area contributed by atoms with Crippen LogP contribution in [0, 0.1) is 0 Å². The molecule has 0 bridgehead atoms. The van der Waals surface area contributed by atoms with Gasteiger partial charge in [-0.25, -0.2) is 9.78 Å². The van der Waals surface area contributed by atoms with Crippen LogP contribution in [0.3, 0.4) is 0 Å². The lowest BCUT2D eigenvalue weighted by atomic mass is 10.2. The molecule has 18 heavy (non-hydrogen) atoms. The van der Waals surface area contributed by atoms with Gasteiger partial charge in [0.1, 0.15) is 0 Å². The molecule has 0 radical (unpaired) electrons. The van der Waals surface area contributed by atoms with Gasteiger partial charge < -0.3 is 15.2 Å². The molecule has 0 aromatic carbocycles.